The van der Waals surface area contributed by atoms with Crippen molar-refractivity contribution in [1.82, 2.24) is 0 Å². The Labute approximate surface area is 203 Å². The molecule has 3 atom stereocenters. The van der Waals surface area contributed by atoms with Crippen LogP contribution in [0.15, 0.2) is 30.3 Å². The zero-order valence-corrected chi connectivity index (χ0v) is 20.6. The van der Waals surface area contributed by atoms with Crippen molar-refractivity contribution in [3.63, 3.8) is 0 Å². The Morgan fingerprint density at radius 1 is 1.19 bits per heavy atom. The second kappa shape index (κ2) is 11.9. The Bertz CT molecular complexity index is 929. The summed E-state index contributed by atoms with van der Waals surface area (Å²) in [5.74, 6) is 0.815. The van der Waals surface area contributed by atoms with Gasteiger partial charge in [-0.1, -0.05) is 11.6 Å². The van der Waals surface area contributed by atoms with Gasteiger partial charge in [-0.3, -0.25) is 4.79 Å². The molecule has 1 aromatic carbocycles. The number of esters is 2. The minimum atomic E-state index is -0.335. The van der Waals surface area contributed by atoms with Gasteiger partial charge in [0.15, 0.2) is 0 Å². The standard InChI is InChI=1S/C24H28Cl2O5S/c1-15(27)30-13-16-10-18(25)12-19(11-16)31-14-17-6-8-22(26)21(17)5-3-4-20-7-9-23(32-20)24(28)29-2/h7,9-12,17,21-22H,3-6,8,13-14H2,1-2H3/t17-,21?,22-/m1/s1. The molecule has 0 bridgehead atoms. The molecule has 0 radical (unpaired) electrons. The fourth-order valence-corrected chi connectivity index (χ4v) is 5.80. The van der Waals surface area contributed by atoms with E-state index in [2.05, 4.69) is 0 Å². The van der Waals surface area contributed by atoms with E-state index in [1.165, 1.54) is 30.2 Å². The number of carbonyl (C=O) groups excluding carboxylic acids is 2. The summed E-state index contributed by atoms with van der Waals surface area (Å²) in [5, 5.41) is 0.696. The monoisotopic (exact) mass is 498 g/mol. The van der Waals surface area contributed by atoms with Gasteiger partial charge >= 0.3 is 11.9 Å². The molecule has 1 aliphatic rings. The number of halogens is 2. The van der Waals surface area contributed by atoms with Crippen LogP contribution in [0.3, 0.4) is 0 Å². The van der Waals surface area contributed by atoms with Gasteiger partial charge in [-0.25, -0.2) is 4.79 Å². The first-order valence-corrected chi connectivity index (χ1v) is 12.4. The summed E-state index contributed by atoms with van der Waals surface area (Å²) in [4.78, 5) is 24.5. The van der Waals surface area contributed by atoms with Gasteiger partial charge in [0, 0.05) is 22.2 Å². The summed E-state index contributed by atoms with van der Waals surface area (Å²) < 4.78 is 15.9. The zero-order chi connectivity index (χ0) is 23.1. The van der Waals surface area contributed by atoms with Gasteiger partial charge in [-0.15, -0.1) is 22.9 Å². The summed E-state index contributed by atoms with van der Waals surface area (Å²) in [6, 6.07) is 9.21. The molecule has 1 unspecified atom stereocenters. The summed E-state index contributed by atoms with van der Waals surface area (Å²) in [5.41, 5.74) is 0.795. The highest BCUT2D eigenvalue weighted by atomic mass is 35.5. The predicted molar refractivity (Wildman–Crippen MR) is 127 cm³/mol. The van der Waals surface area contributed by atoms with E-state index >= 15 is 0 Å². The molecule has 0 N–H and O–H groups in total. The Morgan fingerprint density at radius 2 is 2.00 bits per heavy atom. The lowest BCUT2D eigenvalue weighted by Crippen LogP contribution is -2.21. The second-order valence-corrected chi connectivity index (χ2v) is 10.2. The lowest BCUT2D eigenvalue weighted by molar-refractivity contribution is -0.142. The number of rotatable bonds is 10. The van der Waals surface area contributed by atoms with E-state index in [4.69, 9.17) is 37.4 Å². The van der Waals surface area contributed by atoms with Crippen molar-refractivity contribution < 1.29 is 23.8 Å². The molecule has 174 valence electrons. The number of hydrogen-bond acceptors (Lipinski definition) is 6. The van der Waals surface area contributed by atoms with Gasteiger partial charge in [-0.05, 0) is 79.8 Å². The smallest absolute Gasteiger partial charge is 0.348 e. The van der Waals surface area contributed by atoms with E-state index in [1.54, 1.807) is 12.1 Å². The number of ether oxygens (including phenoxy) is 3. The number of thiophene rings is 1. The Morgan fingerprint density at radius 3 is 2.75 bits per heavy atom. The molecule has 1 fully saturated rings. The van der Waals surface area contributed by atoms with Crippen molar-refractivity contribution in [2.24, 2.45) is 11.8 Å². The van der Waals surface area contributed by atoms with Gasteiger partial charge in [0.2, 0.25) is 0 Å². The first-order chi connectivity index (χ1) is 15.4. The number of hydrogen-bond donors (Lipinski definition) is 0. The van der Waals surface area contributed by atoms with E-state index in [9.17, 15) is 9.59 Å². The second-order valence-electron chi connectivity index (χ2n) is 8.05. The Balaban J connectivity index is 1.51. The van der Waals surface area contributed by atoms with Gasteiger partial charge in [-0.2, -0.15) is 0 Å². The van der Waals surface area contributed by atoms with E-state index < -0.39 is 0 Å². The molecular formula is C24H28Cl2O5S. The normalized spacial score (nSPS) is 20.2. The molecule has 2 aromatic rings. The molecule has 32 heavy (non-hydrogen) atoms. The Kier molecular flexibility index (Phi) is 9.26. The average Bonchev–Trinajstić information content (AvgIpc) is 3.37. The van der Waals surface area contributed by atoms with E-state index in [0.717, 1.165) is 37.7 Å². The molecule has 8 heteroatoms. The van der Waals surface area contributed by atoms with Gasteiger partial charge in [0.25, 0.3) is 0 Å². The van der Waals surface area contributed by atoms with Crippen LogP contribution < -0.4 is 4.74 Å². The average molecular weight is 499 g/mol. The number of methoxy groups -OCH3 is 1. The summed E-state index contributed by atoms with van der Waals surface area (Å²) in [6.07, 6.45) is 4.96. The van der Waals surface area contributed by atoms with Crippen molar-refractivity contribution in [3.05, 3.63) is 50.7 Å². The molecule has 0 spiro atoms. The van der Waals surface area contributed by atoms with Crippen LogP contribution in [-0.4, -0.2) is 31.0 Å². The molecule has 3 rings (SSSR count). The quantitative estimate of drug-likeness (QED) is 0.284. The van der Waals surface area contributed by atoms with Crippen LogP contribution in [0.1, 0.15) is 52.7 Å². The highest BCUT2D eigenvalue weighted by molar-refractivity contribution is 7.13. The van der Waals surface area contributed by atoms with Crippen molar-refractivity contribution in [2.45, 2.75) is 51.0 Å². The van der Waals surface area contributed by atoms with Crippen LogP contribution in [0.25, 0.3) is 0 Å². The third-order valence-electron chi connectivity index (χ3n) is 5.73. The van der Waals surface area contributed by atoms with Crippen LogP contribution in [0.2, 0.25) is 5.02 Å². The highest BCUT2D eigenvalue weighted by Gasteiger charge is 2.34. The van der Waals surface area contributed by atoms with Gasteiger partial charge in [0.1, 0.15) is 17.2 Å². The number of aryl methyl sites for hydroxylation is 1. The van der Waals surface area contributed by atoms with Crippen LogP contribution in [-0.2, 0) is 27.3 Å². The number of benzene rings is 1. The molecule has 1 aromatic heterocycles. The van der Waals surface area contributed by atoms with E-state index in [0.29, 0.717) is 34.1 Å². The minimum Gasteiger partial charge on any atom is -0.493 e. The SMILES string of the molecule is COC(=O)c1ccc(CCCC2[C@@H](COc3cc(Cl)cc(COC(C)=O)c3)CC[C@H]2Cl)s1. The summed E-state index contributed by atoms with van der Waals surface area (Å²) >= 11 is 14.3. The fourth-order valence-electron chi connectivity index (χ4n) is 4.13. The molecule has 5 nitrogen and oxygen atoms in total. The third kappa shape index (κ3) is 7.12. The molecular weight excluding hydrogens is 471 g/mol. The lowest BCUT2D eigenvalue weighted by atomic mass is 9.91. The Hall–Kier alpha value is -1.76. The van der Waals surface area contributed by atoms with Gasteiger partial charge < -0.3 is 14.2 Å². The highest BCUT2D eigenvalue weighted by Crippen LogP contribution is 2.39. The first kappa shape index (κ1) is 24.9. The van der Waals surface area contributed by atoms with Crippen LogP contribution in [0.5, 0.6) is 5.75 Å². The minimum absolute atomic E-state index is 0.149. The molecule has 0 amide bonds. The maximum atomic E-state index is 11.6. The first-order valence-electron chi connectivity index (χ1n) is 10.7. The van der Waals surface area contributed by atoms with E-state index in [-0.39, 0.29) is 23.9 Å². The van der Waals surface area contributed by atoms with Gasteiger partial charge in [0.05, 0.1) is 13.7 Å². The molecule has 1 saturated carbocycles. The third-order valence-corrected chi connectivity index (χ3v) is 7.61. The van der Waals surface area contributed by atoms with Crippen molar-refractivity contribution >= 4 is 46.5 Å². The zero-order valence-electron chi connectivity index (χ0n) is 18.3. The lowest BCUT2D eigenvalue weighted by Gasteiger charge is -2.22. The number of alkyl halides is 1. The predicted octanol–water partition coefficient (Wildman–Crippen LogP) is 6.29. The maximum Gasteiger partial charge on any atom is 0.348 e. The molecule has 1 aliphatic carbocycles. The van der Waals surface area contributed by atoms with E-state index in [1.807, 2.05) is 18.2 Å². The summed E-state index contributed by atoms with van der Waals surface area (Å²) in [7, 11) is 1.40. The molecule has 0 aliphatic heterocycles. The van der Waals surface area contributed by atoms with Crippen LogP contribution in [0, 0.1) is 11.8 Å². The van der Waals surface area contributed by atoms with Crippen LogP contribution >= 0.6 is 34.5 Å². The molecule has 0 saturated heterocycles. The van der Waals surface area contributed by atoms with Crippen LogP contribution in [0.4, 0.5) is 0 Å². The summed E-state index contributed by atoms with van der Waals surface area (Å²) in [6.45, 7) is 2.12. The maximum absolute atomic E-state index is 11.6. The fraction of sp³-hybridized carbons (Fsp3) is 0.500. The number of carbonyl (C=O) groups is 2. The largest absolute Gasteiger partial charge is 0.493 e. The van der Waals surface area contributed by atoms with Crippen molar-refractivity contribution in [1.29, 1.82) is 0 Å². The van der Waals surface area contributed by atoms with Crippen molar-refractivity contribution in [3.8, 4) is 5.75 Å². The topological polar surface area (TPSA) is 61.8 Å². The molecule has 1 heterocycles. The van der Waals surface area contributed by atoms with Crippen molar-refractivity contribution in [2.75, 3.05) is 13.7 Å².